The van der Waals surface area contributed by atoms with Gasteiger partial charge in [0.2, 0.25) is 0 Å². The van der Waals surface area contributed by atoms with Crippen molar-refractivity contribution in [1.29, 1.82) is 0 Å². The first-order valence-electron chi connectivity index (χ1n) is 8.06. The second-order valence-corrected chi connectivity index (χ2v) is 6.35. The van der Waals surface area contributed by atoms with E-state index in [-0.39, 0.29) is 0 Å². The summed E-state index contributed by atoms with van der Waals surface area (Å²) < 4.78 is 5.89. The first kappa shape index (κ1) is 16.2. The molecule has 1 heterocycles. The molecule has 1 aliphatic carbocycles. The fourth-order valence-electron chi connectivity index (χ4n) is 2.57. The molecule has 1 N–H and O–H groups in total. The fraction of sp³-hybridized carbons (Fsp3) is 0.611. The third-order valence-corrected chi connectivity index (χ3v) is 4.06. The number of ether oxygens (including phenoxy) is 1. The standard InChI is InChI=1S/C18H28N2O/c1-14(2)19-11-17-9-6-10-18(20-17)13-21-12-16-8-5-4-7-15(16)3/h4-6,9-10,14-16,19H,7-8,11-13H2,1-3H3. The summed E-state index contributed by atoms with van der Waals surface area (Å²) in [5, 5.41) is 3.39. The number of pyridine rings is 1. The SMILES string of the molecule is CC(C)NCc1cccc(COCC2CC=CCC2C)n1. The van der Waals surface area contributed by atoms with Gasteiger partial charge in [-0.1, -0.05) is 39.0 Å². The molecule has 2 unspecified atom stereocenters. The molecule has 21 heavy (non-hydrogen) atoms. The molecule has 3 nitrogen and oxygen atoms in total. The van der Waals surface area contributed by atoms with Crippen LogP contribution in [0, 0.1) is 11.8 Å². The molecule has 0 amide bonds. The quantitative estimate of drug-likeness (QED) is 0.777. The summed E-state index contributed by atoms with van der Waals surface area (Å²) in [6.07, 6.45) is 6.90. The van der Waals surface area contributed by atoms with Crippen molar-refractivity contribution in [3.8, 4) is 0 Å². The molecule has 0 aromatic carbocycles. The molecular formula is C18H28N2O. The first-order valence-corrected chi connectivity index (χ1v) is 8.06. The Labute approximate surface area is 128 Å². The lowest BCUT2D eigenvalue weighted by molar-refractivity contribution is 0.0661. The summed E-state index contributed by atoms with van der Waals surface area (Å²) in [5.41, 5.74) is 2.11. The Balaban J connectivity index is 1.77. The highest BCUT2D eigenvalue weighted by molar-refractivity contribution is 5.10. The van der Waals surface area contributed by atoms with Crippen molar-refractivity contribution in [2.45, 2.75) is 52.8 Å². The van der Waals surface area contributed by atoms with Crippen LogP contribution in [0.15, 0.2) is 30.4 Å². The summed E-state index contributed by atoms with van der Waals surface area (Å²) in [6, 6.07) is 6.65. The maximum absolute atomic E-state index is 5.89. The van der Waals surface area contributed by atoms with Gasteiger partial charge >= 0.3 is 0 Å². The molecule has 116 valence electrons. The van der Waals surface area contributed by atoms with Gasteiger partial charge in [-0.25, -0.2) is 0 Å². The molecule has 1 aliphatic rings. The van der Waals surface area contributed by atoms with Crippen molar-refractivity contribution in [2.24, 2.45) is 11.8 Å². The predicted molar refractivity (Wildman–Crippen MR) is 86.9 cm³/mol. The van der Waals surface area contributed by atoms with Crippen LogP contribution < -0.4 is 5.32 Å². The molecule has 0 radical (unpaired) electrons. The van der Waals surface area contributed by atoms with Crippen molar-refractivity contribution in [1.82, 2.24) is 10.3 Å². The summed E-state index contributed by atoms with van der Waals surface area (Å²) in [5.74, 6) is 1.38. The van der Waals surface area contributed by atoms with Crippen LogP contribution in [0.1, 0.15) is 45.0 Å². The first-order chi connectivity index (χ1) is 10.1. The molecule has 0 saturated heterocycles. The predicted octanol–water partition coefficient (Wildman–Crippen LogP) is 3.70. The molecule has 2 rings (SSSR count). The maximum Gasteiger partial charge on any atom is 0.0888 e. The minimum absolute atomic E-state index is 0.479. The van der Waals surface area contributed by atoms with E-state index in [1.807, 2.05) is 6.07 Å². The van der Waals surface area contributed by atoms with E-state index in [2.05, 4.69) is 55.4 Å². The molecule has 1 aromatic rings. The van der Waals surface area contributed by atoms with Gasteiger partial charge in [0.15, 0.2) is 0 Å². The van der Waals surface area contributed by atoms with E-state index in [4.69, 9.17) is 4.74 Å². The van der Waals surface area contributed by atoms with Crippen molar-refractivity contribution in [3.05, 3.63) is 41.7 Å². The van der Waals surface area contributed by atoms with Gasteiger partial charge < -0.3 is 10.1 Å². The Morgan fingerprint density at radius 2 is 2.00 bits per heavy atom. The van der Waals surface area contributed by atoms with Crippen molar-refractivity contribution < 1.29 is 4.74 Å². The number of hydrogen-bond acceptors (Lipinski definition) is 3. The molecule has 0 aliphatic heterocycles. The van der Waals surface area contributed by atoms with Crippen molar-refractivity contribution >= 4 is 0 Å². The smallest absolute Gasteiger partial charge is 0.0888 e. The second-order valence-electron chi connectivity index (χ2n) is 6.35. The molecule has 1 aromatic heterocycles. The number of nitrogens with zero attached hydrogens (tertiary/aromatic N) is 1. The highest BCUT2D eigenvalue weighted by Gasteiger charge is 2.18. The van der Waals surface area contributed by atoms with Crippen molar-refractivity contribution in [2.75, 3.05) is 6.61 Å². The highest BCUT2D eigenvalue weighted by Crippen LogP contribution is 2.25. The van der Waals surface area contributed by atoms with Crippen molar-refractivity contribution in [3.63, 3.8) is 0 Å². The minimum Gasteiger partial charge on any atom is -0.375 e. The fourth-order valence-corrected chi connectivity index (χ4v) is 2.57. The lowest BCUT2D eigenvalue weighted by Crippen LogP contribution is -2.22. The topological polar surface area (TPSA) is 34.1 Å². The van der Waals surface area contributed by atoms with E-state index in [0.717, 1.165) is 36.9 Å². The molecule has 0 spiro atoms. The van der Waals surface area contributed by atoms with Gasteiger partial charge in [0.1, 0.15) is 0 Å². The van der Waals surface area contributed by atoms with Crippen LogP contribution in [-0.4, -0.2) is 17.6 Å². The summed E-state index contributed by atoms with van der Waals surface area (Å²) in [4.78, 5) is 4.64. The second kappa shape index (κ2) is 8.30. The zero-order valence-electron chi connectivity index (χ0n) is 13.5. The van der Waals surface area contributed by atoms with Gasteiger partial charge in [-0.3, -0.25) is 4.98 Å². The van der Waals surface area contributed by atoms with Gasteiger partial charge in [0.25, 0.3) is 0 Å². The summed E-state index contributed by atoms with van der Waals surface area (Å²) >= 11 is 0. The Morgan fingerprint density at radius 3 is 2.76 bits per heavy atom. The molecule has 0 saturated carbocycles. The summed E-state index contributed by atoms with van der Waals surface area (Å²) in [7, 11) is 0. The van der Waals surface area contributed by atoms with Gasteiger partial charge in [0, 0.05) is 12.6 Å². The Hall–Kier alpha value is -1.19. The van der Waals surface area contributed by atoms with Crippen LogP contribution in [0.4, 0.5) is 0 Å². The van der Waals surface area contributed by atoms with E-state index in [1.54, 1.807) is 0 Å². The van der Waals surface area contributed by atoms with Crippen LogP contribution in [-0.2, 0) is 17.9 Å². The van der Waals surface area contributed by atoms with Gasteiger partial charge in [-0.2, -0.15) is 0 Å². The Bertz CT molecular complexity index is 456. The molecule has 0 bridgehead atoms. The van der Waals surface area contributed by atoms with Crippen LogP contribution in [0.3, 0.4) is 0 Å². The van der Waals surface area contributed by atoms with E-state index in [0.29, 0.717) is 18.6 Å². The molecule has 3 heteroatoms. The monoisotopic (exact) mass is 288 g/mol. The van der Waals surface area contributed by atoms with E-state index in [9.17, 15) is 0 Å². The summed E-state index contributed by atoms with van der Waals surface area (Å²) in [6.45, 7) is 8.87. The normalized spacial score (nSPS) is 21.9. The van der Waals surface area contributed by atoms with Gasteiger partial charge in [-0.05, 0) is 36.8 Å². The third-order valence-electron chi connectivity index (χ3n) is 4.06. The van der Waals surface area contributed by atoms with Crippen LogP contribution in [0.25, 0.3) is 0 Å². The van der Waals surface area contributed by atoms with Gasteiger partial charge in [-0.15, -0.1) is 0 Å². The average molecular weight is 288 g/mol. The third kappa shape index (κ3) is 5.60. The van der Waals surface area contributed by atoms with Crippen LogP contribution >= 0.6 is 0 Å². The lowest BCUT2D eigenvalue weighted by Gasteiger charge is -2.24. The number of aromatic nitrogens is 1. The van der Waals surface area contributed by atoms with E-state index >= 15 is 0 Å². The number of hydrogen-bond donors (Lipinski definition) is 1. The Morgan fingerprint density at radius 1 is 1.24 bits per heavy atom. The van der Waals surface area contributed by atoms with E-state index in [1.165, 1.54) is 6.42 Å². The lowest BCUT2D eigenvalue weighted by atomic mass is 9.85. The largest absolute Gasteiger partial charge is 0.375 e. The van der Waals surface area contributed by atoms with Gasteiger partial charge in [0.05, 0.1) is 24.6 Å². The molecular weight excluding hydrogens is 260 g/mol. The maximum atomic E-state index is 5.89. The molecule has 2 atom stereocenters. The van der Waals surface area contributed by atoms with E-state index < -0.39 is 0 Å². The van der Waals surface area contributed by atoms with Crippen LogP contribution in [0.2, 0.25) is 0 Å². The minimum atomic E-state index is 0.479. The number of rotatable bonds is 7. The zero-order valence-corrected chi connectivity index (χ0v) is 13.5. The van der Waals surface area contributed by atoms with Crippen LogP contribution in [0.5, 0.6) is 0 Å². The zero-order chi connectivity index (χ0) is 15.1. The molecule has 0 fully saturated rings. The Kier molecular flexibility index (Phi) is 6.40. The number of allylic oxidation sites excluding steroid dienone is 2. The number of nitrogens with one attached hydrogen (secondary N) is 1. The average Bonchev–Trinajstić information content (AvgIpc) is 2.48. The highest BCUT2D eigenvalue weighted by atomic mass is 16.5.